The number of nitrogens with zero attached hydrogens (tertiary/aromatic N) is 1. The number of piperidine rings is 1. The molecule has 3 aliphatic rings. The van der Waals surface area contributed by atoms with Gasteiger partial charge >= 0.3 is 0 Å². The Morgan fingerprint density at radius 1 is 1.13 bits per heavy atom. The molecular weight excluding hydrogens is 557 g/mol. The molecule has 0 radical (unpaired) electrons. The number of hydrogen-bond donors (Lipinski definition) is 1. The molecule has 1 amide bonds. The zero-order valence-electron chi connectivity index (χ0n) is 21.7. The molecule has 0 aliphatic carbocycles. The highest BCUT2D eigenvalue weighted by molar-refractivity contribution is 7.92. The van der Waals surface area contributed by atoms with E-state index in [4.69, 9.17) is 21.1 Å². The van der Waals surface area contributed by atoms with Crippen LogP contribution in [-0.4, -0.2) is 61.6 Å². The van der Waals surface area contributed by atoms with Gasteiger partial charge in [0, 0.05) is 42.0 Å². The van der Waals surface area contributed by atoms with Crippen LogP contribution in [-0.2, 0) is 19.3 Å². The van der Waals surface area contributed by atoms with Crippen molar-refractivity contribution >= 4 is 33.0 Å². The zero-order valence-corrected chi connectivity index (χ0v) is 23.3. The van der Waals surface area contributed by atoms with Crippen LogP contribution in [0.2, 0.25) is 5.02 Å². The van der Waals surface area contributed by atoms with Gasteiger partial charge in [0.1, 0.15) is 0 Å². The first-order valence-corrected chi connectivity index (χ1v) is 14.7. The van der Waals surface area contributed by atoms with Crippen LogP contribution in [0.3, 0.4) is 0 Å². The topological polar surface area (TPSA) is 84.9 Å². The summed E-state index contributed by atoms with van der Waals surface area (Å²) >= 11 is 6.32. The Hall–Kier alpha value is -2.18. The van der Waals surface area contributed by atoms with Crippen LogP contribution in [0, 0.1) is 23.4 Å². The molecule has 212 valence electrons. The first-order chi connectivity index (χ1) is 18.2. The van der Waals surface area contributed by atoms with Gasteiger partial charge in [-0.05, 0) is 57.2 Å². The Morgan fingerprint density at radius 3 is 2.44 bits per heavy atom. The van der Waals surface area contributed by atoms with Crippen molar-refractivity contribution in [2.24, 2.45) is 5.92 Å². The lowest BCUT2D eigenvalue weighted by Gasteiger charge is -2.40. The van der Waals surface area contributed by atoms with Gasteiger partial charge in [0.25, 0.3) is 5.91 Å². The van der Waals surface area contributed by atoms with Gasteiger partial charge in [0.15, 0.2) is 33.1 Å². The smallest absolute Gasteiger partial charge is 0.255 e. The summed E-state index contributed by atoms with van der Waals surface area (Å²) in [5.74, 6) is -5.74. The average Bonchev–Trinajstić information content (AvgIpc) is 3.27. The number of hydrogen-bond acceptors (Lipinski definition) is 6. The van der Waals surface area contributed by atoms with Gasteiger partial charge in [0.2, 0.25) is 0 Å². The van der Waals surface area contributed by atoms with E-state index in [0.717, 1.165) is 6.42 Å². The Kier molecular flexibility index (Phi) is 7.51. The number of sulfone groups is 1. The van der Waals surface area contributed by atoms with Crippen LogP contribution in [0.1, 0.15) is 50.4 Å². The van der Waals surface area contributed by atoms with E-state index < -0.39 is 44.2 Å². The van der Waals surface area contributed by atoms with Crippen LogP contribution < -0.4 is 5.32 Å². The molecule has 3 heterocycles. The van der Waals surface area contributed by atoms with Gasteiger partial charge in [-0.1, -0.05) is 18.5 Å². The van der Waals surface area contributed by atoms with Crippen LogP contribution in [0.5, 0.6) is 0 Å². The van der Waals surface area contributed by atoms with E-state index in [0.29, 0.717) is 44.0 Å². The van der Waals surface area contributed by atoms with E-state index in [1.165, 1.54) is 18.2 Å². The molecule has 2 aromatic carbocycles. The Labute approximate surface area is 230 Å². The van der Waals surface area contributed by atoms with E-state index >= 15 is 0 Å². The third kappa shape index (κ3) is 5.56. The predicted molar refractivity (Wildman–Crippen MR) is 139 cm³/mol. The number of fused-ring (bicyclic) bond motifs is 2. The van der Waals surface area contributed by atoms with Gasteiger partial charge in [-0.25, -0.2) is 21.6 Å². The van der Waals surface area contributed by atoms with Gasteiger partial charge in [0.05, 0.1) is 27.9 Å². The second-order valence-corrected chi connectivity index (χ2v) is 13.7. The summed E-state index contributed by atoms with van der Waals surface area (Å²) in [5.41, 5.74) is -0.383. The molecule has 12 heteroatoms. The quantitative estimate of drug-likeness (QED) is 0.470. The summed E-state index contributed by atoms with van der Waals surface area (Å²) in [6.45, 7) is 7.02. The molecule has 3 fully saturated rings. The van der Waals surface area contributed by atoms with Crippen LogP contribution in [0.25, 0.3) is 0 Å². The lowest BCUT2D eigenvalue weighted by atomic mass is 9.98. The number of ether oxygens (including phenoxy) is 2. The third-order valence-electron chi connectivity index (χ3n) is 7.90. The molecular formula is C27H30ClF3N2O5S. The van der Waals surface area contributed by atoms with Crippen molar-refractivity contribution in [1.29, 1.82) is 0 Å². The second-order valence-electron chi connectivity index (χ2n) is 11.1. The van der Waals surface area contributed by atoms with E-state index in [1.54, 1.807) is 0 Å². The molecule has 0 spiro atoms. The molecule has 1 N–H and O–H groups in total. The van der Waals surface area contributed by atoms with E-state index in [-0.39, 0.29) is 39.4 Å². The average molecular weight is 587 g/mol. The van der Waals surface area contributed by atoms with Crippen LogP contribution in [0.4, 0.5) is 18.9 Å². The van der Waals surface area contributed by atoms with Crippen molar-refractivity contribution in [1.82, 2.24) is 4.90 Å². The zero-order chi connectivity index (χ0) is 28.3. The number of rotatable bonds is 6. The SMILES string of the molecule is C[C@H]1CC2C[C@@H](S(=O)(=O)c3cc(C(=O)Nc4cc(F)c(F)c(F)c4)ccc3Cl)C[C@H]1N2C[C@H]1COC(C)(C)O1. The minimum absolute atomic E-state index is 0.0213. The molecule has 2 bridgehead atoms. The first-order valence-electron chi connectivity index (χ1n) is 12.8. The van der Waals surface area contributed by atoms with Crippen molar-refractivity contribution in [3.8, 4) is 0 Å². The van der Waals surface area contributed by atoms with Gasteiger partial charge in [-0.2, -0.15) is 0 Å². The van der Waals surface area contributed by atoms with E-state index in [2.05, 4.69) is 17.1 Å². The largest absolute Gasteiger partial charge is 0.348 e. The second kappa shape index (κ2) is 10.3. The number of amides is 1. The van der Waals surface area contributed by atoms with Crippen LogP contribution >= 0.6 is 11.6 Å². The van der Waals surface area contributed by atoms with Crippen molar-refractivity contribution in [2.45, 2.75) is 74.2 Å². The fourth-order valence-corrected chi connectivity index (χ4v) is 8.44. The van der Waals surface area contributed by atoms with Crippen molar-refractivity contribution < 1.29 is 35.9 Å². The number of halogens is 4. The maximum Gasteiger partial charge on any atom is 0.255 e. The standard InChI is InChI=1S/C27H30ClF3N2O5S/c1-14-6-17-10-19(11-23(14)33(17)12-18-13-37-27(2,3)38-18)39(35,36)24-7-15(4-5-20(24)28)26(34)32-16-8-21(29)25(31)22(30)9-16/h4-5,7-9,14,17-19,23H,6,10-13H2,1-3H3,(H,32,34)/t14-,17?,18-,19+,23+/m0/s1. The van der Waals surface area contributed by atoms with Gasteiger partial charge in [-0.15, -0.1) is 0 Å². The highest BCUT2D eigenvalue weighted by atomic mass is 35.5. The number of benzene rings is 2. The summed E-state index contributed by atoms with van der Waals surface area (Å²) in [6, 6.07) is 5.17. The maximum atomic E-state index is 13.8. The number of anilines is 1. The van der Waals surface area contributed by atoms with E-state index in [1.807, 2.05) is 13.8 Å². The molecule has 0 saturated carbocycles. The van der Waals surface area contributed by atoms with Gasteiger partial charge in [-0.3, -0.25) is 9.69 Å². The number of carbonyl (C=O) groups is 1. The monoisotopic (exact) mass is 586 g/mol. The molecule has 5 atom stereocenters. The first kappa shape index (κ1) is 28.4. The maximum absolute atomic E-state index is 13.8. The lowest BCUT2D eigenvalue weighted by Crippen LogP contribution is -2.50. The highest BCUT2D eigenvalue weighted by Gasteiger charge is 2.50. The molecule has 0 aromatic heterocycles. The molecule has 2 aromatic rings. The minimum Gasteiger partial charge on any atom is -0.348 e. The molecule has 3 saturated heterocycles. The summed E-state index contributed by atoms with van der Waals surface area (Å²) in [6.07, 6.45) is 1.61. The molecule has 5 rings (SSSR count). The highest BCUT2D eigenvalue weighted by Crippen LogP contribution is 2.44. The van der Waals surface area contributed by atoms with E-state index in [9.17, 15) is 26.4 Å². The van der Waals surface area contributed by atoms with Crippen molar-refractivity contribution in [3.63, 3.8) is 0 Å². The normalized spacial score (nSPS) is 28.5. The Bertz CT molecular complexity index is 1380. The summed E-state index contributed by atoms with van der Waals surface area (Å²) < 4.78 is 79.7. The number of nitrogens with one attached hydrogen (secondary N) is 1. The molecule has 1 unspecified atom stereocenters. The fraction of sp³-hybridized carbons (Fsp3) is 0.519. The summed E-state index contributed by atoms with van der Waals surface area (Å²) in [5, 5.41) is 1.55. The minimum atomic E-state index is -3.92. The summed E-state index contributed by atoms with van der Waals surface area (Å²) in [7, 11) is -3.92. The van der Waals surface area contributed by atoms with Crippen LogP contribution in [0.15, 0.2) is 35.2 Å². The third-order valence-corrected chi connectivity index (χ3v) is 10.6. The van der Waals surface area contributed by atoms with Crippen molar-refractivity contribution in [2.75, 3.05) is 18.5 Å². The van der Waals surface area contributed by atoms with Gasteiger partial charge < -0.3 is 14.8 Å². The van der Waals surface area contributed by atoms with Crippen molar-refractivity contribution in [3.05, 3.63) is 58.4 Å². The number of carbonyl (C=O) groups excluding carboxylic acids is 1. The molecule has 7 nitrogen and oxygen atoms in total. The Morgan fingerprint density at radius 2 is 1.82 bits per heavy atom. The molecule has 3 aliphatic heterocycles. The lowest BCUT2D eigenvalue weighted by molar-refractivity contribution is -0.141. The predicted octanol–water partition coefficient (Wildman–Crippen LogP) is 5.18. The summed E-state index contributed by atoms with van der Waals surface area (Å²) in [4.78, 5) is 15.0. The molecule has 39 heavy (non-hydrogen) atoms. The fourth-order valence-electron chi connectivity index (χ4n) is 6.09. The Balaban J connectivity index is 1.34.